The minimum absolute atomic E-state index is 0.331. The van der Waals surface area contributed by atoms with Gasteiger partial charge in [0.1, 0.15) is 6.73 Å². The molecule has 5 nitrogen and oxygen atoms in total. The third-order valence-electron chi connectivity index (χ3n) is 3.63. The number of aromatic nitrogens is 2. The van der Waals surface area contributed by atoms with Crippen LogP contribution in [0.25, 0.3) is 10.9 Å². The first-order chi connectivity index (χ1) is 10.3. The van der Waals surface area contributed by atoms with E-state index in [9.17, 15) is 4.79 Å². The van der Waals surface area contributed by atoms with Gasteiger partial charge in [0.05, 0.1) is 24.4 Å². The highest BCUT2D eigenvalue weighted by Gasteiger charge is 2.17. The summed E-state index contributed by atoms with van der Waals surface area (Å²) >= 11 is 0. The molecule has 0 saturated heterocycles. The number of rotatable bonds is 6. The molecular formula is C16H24N2O3Si. The van der Waals surface area contributed by atoms with Gasteiger partial charge in [-0.15, -0.1) is 0 Å². The number of hydrogen-bond donors (Lipinski definition) is 0. The molecule has 1 aromatic heterocycles. The fourth-order valence-electron chi connectivity index (χ4n) is 2.27. The smallest absolute Gasteiger partial charge is 0.338 e. The van der Waals surface area contributed by atoms with E-state index in [1.165, 1.54) is 7.11 Å². The topological polar surface area (TPSA) is 53.3 Å². The maximum Gasteiger partial charge on any atom is 0.338 e. The number of nitrogens with zero attached hydrogens (tertiary/aromatic N) is 2. The summed E-state index contributed by atoms with van der Waals surface area (Å²) in [5.41, 5.74) is 2.35. The summed E-state index contributed by atoms with van der Waals surface area (Å²) in [6, 6.07) is 5.00. The van der Waals surface area contributed by atoms with Crippen molar-refractivity contribution in [1.29, 1.82) is 0 Å². The van der Waals surface area contributed by atoms with Crippen LogP contribution in [0.3, 0.4) is 0 Å². The fraction of sp³-hybridized carbons (Fsp3) is 0.500. The van der Waals surface area contributed by atoms with E-state index >= 15 is 0 Å². The number of carbonyl (C=O) groups excluding carboxylic acids is 1. The Balaban J connectivity index is 2.18. The van der Waals surface area contributed by atoms with Crippen molar-refractivity contribution in [3.63, 3.8) is 0 Å². The van der Waals surface area contributed by atoms with E-state index in [1.807, 2.05) is 19.1 Å². The number of ether oxygens (including phenoxy) is 2. The zero-order valence-corrected chi connectivity index (χ0v) is 15.0. The Morgan fingerprint density at radius 3 is 2.68 bits per heavy atom. The molecule has 0 unspecified atom stereocenters. The molecule has 1 aromatic carbocycles. The average Bonchev–Trinajstić information content (AvgIpc) is 2.84. The van der Waals surface area contributed by atoms with Gasteiger partial charge in [-0.2, -0.15) is 5.10 Å². The van der Waals surface area contributed by atoms with Crippen molar-refractivity contribution in [3.8, 4) is 0 Å². The summed E-state index contributed by atoms with van der Waals surface area (Å²) in [4.78, 5) is 11.9. The van der Waals surface area contributed by atoms with Crippen LogP contribution < -0.4 is 0 Å². The zero-order chi connectivity index (χ0) is 16.3. The van der Waals surface area contributed by atoms with Gasteiger partial charge in [-0.25, -0.2) is 9.48 Å². The molecule has 2 aromatic rings. The summed E-state index contributed by atoms with van der Waals surface area (Å²) in [6.45, 7) is 10.0. The van der Waals surface area contributed by atoms with Gasteiger partial charge in [0.2, 0.25) is 0 Å². The van der Waals surface area contributed by atoms with E-state index < -0.39 is 8.07 Å². The van der Waals surface area contributed by atoms with E-state index in [0.29, 0.717) is 12.3 Å². The highest BCUT2D eigenvalue weighted by molar-refractivity contribution is 6.76. The molecule has 0 atom stereocenters. The molecule has 2 rings (SSSR count). The molecule has 120 valence electrons. The van der Waals surface area contributed by atoms with Crippen LogP contribution in [0.1, 0.15) is 15.9 Å². The summed E-state index contributed by atoms with van der Waals surface area (Å²) < 4.78 is 12.4. The van der Waals surface area contributed by atoms with E-state index in [-0.39, 0.29) is 5.97 Å². The van der Waals surface area contributed by atoms with Gasteiger partial charge in [0, 0.05) is 20.1 Å². The van der Waals surface area contributed by atoms with Crippen LogP contribution in [0.2, 0.25) is 25.7 Å². The van der Waals surface area contributed by atoms with Crippen molar-refractivity contribution < 1.29 is 14.3 Å². The number of carbonyl (C=O) groups is 1. The third-order valence-corrected chi connectivity index (χ3v) is 5.34. The summed E-state index contributed by atoms with van der Waals surface area (Å²) in [5, 5.41) is 5.15. The molecule has 0 aliphatic rings. The highest BCUT2D eigenvalue weighted by Crippen LogP contribution is 2.23. The molecule has 6 heteroatoms. The Morgan fingerprint density at radius 1 is 1.32 bits per heavy atom. The molecule has 0 bridgehead atoms. The van der Waals surface area contributed by atoms with E-state index in [2.05, 4.69) is 24.7 Å². The van der Waals surface area contributed by atoms with Gasteiger partial charge >= 0.3 is 5.97 Å². The van der Waals surface area contributed by atoms with Crippen LogP contribution in [0.5, 0.6) is 0 Å². The zero-order valence-electron chi connectivity index (χ0n) is 14.0. The lowest BCUT2D eigenvalue weighted by molar-refractivity contribution is 0.0602. The Hall–Kier alpha value is -1.66. The van der Waals surface area contributed by atoms with Crippen LogP contribution in [0, 0.1) is 6.92 Å². The second kappa shape index (κ2) is 6.62. The Morgan fingerprint density at radius 2 is 2.05 bits per heavy atom. The van der Waals surface area contributed by atoms with Gasteiger partial charge in [0.25, 0.3) is 0 Å². The summed E-state index contributed by atoms with van der Waals surface area (Å²) in [6.07, 6.45) is 1.70. The quantitative estimate of drug-likeness (QED) is 0.465. The predicted molar refractivity (Wildman–Crippen MR) is 89.9 cm³/mol. The minimum Gasteiger partial charge on any atom is -0.465 e. The maximum absolute atomic E-state index is 11.9. The lowest BCUT2D eigenvalue weighted by Gasteiger charge is -2.15. The van der Waals surface area contributed by atoms with Crippen molar-refractivity contribution in [1.82, 2.24) is 9.78 Å². The van der Waals surface area contributed by atoms with Crippen molar-refractivity contribution in [2.45, 2.75) is 39.3 Å². The van der Waals surface area contributed by atoms with E-state index in [0.717, 1.165) is 29.1 Å². The normalized spacial score (nSPS) is 11.9. The van der Waals surface area contributed by atoms with Crippen LogP contribution >= 0.6 is 0 Å². The predicted octanol–water partition coefficient (Wildman–Crippen LogP) is 3.44. The van der Waals surface area contributed by atoms with Gasteiger partial charge in [0.15, 0.2) is 0 Å². The first-order valence-corrected chi connectivity index (χ1v) is 11.2. The molecule has 0 radical (unpaired) electrons. The minimum atomic E-state index is -1.09. The first-order valence-electron chi connectivity index (χ1n) is 7.44. The molecule has 0 saturated carbocycles. The van der Waals surface area contributed by atoms with Gasteiger partial charge in [-0.3, -0.25) is 0 Å². The number of hydrogen-bond acceptors (Lipinski definition) is 4. The van der Waals surface area contributed by atoms with Crippen molar-refractivity contribution in [3.05, 3.63) is 29.5 Å². The number of benzene rings is 1. The monoisotopic (exact) mass is 320 g/mol. The fourth-order valence-corrected chi connectivity index (χ4v) is 3.02. The molecule has 0 N–H and O–H groups in total. The average molecular weight is 320 g/mol. The summed E-state index contributed by atoms with van der Waals surface area (Å²) in [5.74, 6) is -0.331. The lowest BCUT2D eigenvalue weighted by atomic mass is 10.0. The van der Waals surface area contributed by atoms with Crippen LogP contribution in [-0.2, 0) is 16.2 Å². The SMILES string of the molecule is COC(=O)c1c(C)ccc2c1cnn2COCC[Si](C)(C)C. The summed E-state index contributed by atoms with van der Waals surface area (Å²) in [7, 11) is 0.308. The molecule has 0 aliphatic heterocycles. The number of fused-ring (bicyclic) bond motifs is 1. The standard InChI is InChI=1S/C16H24N2O3Si/c1-12-6-7-14-13(15(12)16(19)20-2)10-17-18(14)11-21-8-9-22(3,4)5/h6-7,10H,8-9,11H2,1-5H3. The lowest BCUT2D eigenvalue weighted by Crippen LogP contribution is -2.22. The van der Waals surface area contributed by atoms with E-state index in [1.54, 1.807) is 10.9 Å². The number of aryl methyl sites for hydroxylation is 1. The largest absolute Gasteiger partial charge is 0.465 e. The highest BCUT2D eigenvalue weighted by atomic mass is 28.3. The first kappa shape index (κ1) is 16.7. The van der Waals surface area contributed by atoms with Crippen molar-refractivity contribution in [2.75, 3.05) is 13.7 Å². The molecule has 22 heavy (non-hydrogen) atoms. The molecule has 0 aliphatic carbocycles. The molecule has 0 amide bonds. The van der Waals surface area contributed by atoms with Crippen molar-refractivity contribution in [2.24, 2.45) is 0 Å². The number of esters is 1. The molecular weight excluding hydrogens is 296 g/mol. The number of methoxy groups -OCH3 is 1. The Bertz CT molecular complexity index is 674. The second-order valence-electron chi connectivity index (χ2n) is 6.67. The molecule has 0 fully saturated rings. The van der Waals surface area contributed by atoms with Gasteiger partial charge in [-0.1, -0.05) is 25.7 Å². The molecule has 1 heterocycles. The second-order valence-corrected chi connectivity index (χ2v) is 12.3. The van der Waals surface area contributed by atoms with Gasteiger partial charge < -0.3 is 9.47 Å². The Labute approximate surface area is 132 Å². The maximum atomic E-state index is 11.9. The van der Waals surface area contributed by atoms with Crippen LogP contribution in [-0.4, -0.2) is 37.5 Å². The van der Waals surface area contributed by atoms with Crippen LogP contribution in [0.15, 0.2) is 18.3 Å². The third kappa shape index (κ3) is 3.75. The Kier molecular flexibility index (Phi) is 5.03. The van der Waals surface area contributed by atoms with Gasteiger partial charge in [-0.05, 0) is 24.6 Å². The van der Waals surface area contributed by atoms with Crippen LogP contribution in [0.4, 0.5) is 0 Å². The van der Waals surface area contributed by atoms with E-state index in [4.69, 9.17) is 9.47 Å². The van der Waals surface area contributed by atoms with Crippen molar-refractivity contribution >= 4 is 24.9 Å². The molecule has 0 spiro atoms.